The number of amides is 1. The SMILES string of the molecule is COCC(C)NC(=O)c1cc(-c2ccc(Cl)cc2Cl)cc(-n2cnnn2)c1. The zero-order valence-corrected chi connectivity index (χ0v) is 16.2. The minimum absolute atomic E-state index is 0.137. The summed E-state index contributed by atoms with van der Waals surface area (Å²) in [7, 11) is 1.58. The molecule has 0 bridgehead atoms. The van der Waals surface area contributed by atoms with Crippen LogP contribution in [0.25, 0.3) is 16.8 Å². The molecule has 0 spiro atoms. The minimum Gasteiger partial charge on any atom is -0.383 e. The molecule has 0 aliphatic carbocycles. The van der Waals surface area contributed by atoms with E-state index in [0.29, 0.717) is 27.9 Å². The second kappa shape index (κ2) is 8.47. The van der Waals surface area contributed by atoms with Crippen LogP contribution in [0.4, 0.5) is 0 Å². The van der Waals surface area contributed by atoms with Gasteiger partial charge in [-0.05, 0) is 53.2 Å². The maximum absolute atomic E-state index is 12.7. The maximum atomic E-state index is 12.7. The van der Waals surface area contributed by atoms with Crippen molar-refractivity contribution in [3.8, 4) is 16.8 Å². The van der Waals surface area contributed by atoms with Crippen molar-refractivity contribution >= 4 is 29.1 Å². The number of methoxy groups -OCH3 is 1. The van der Waals surface area contributed by atoms with Crippen LogP contribution in [0.3, 0.4) is 0 Å². The summed E-state index contributed by atoms with van der Waals surface area (Å²) in [6, 6.07) is 10.4. The van der Waals surface area contributed by atoms with Crippen molar-refractivity contribution in [2.75, 3.05) is 13.7 Å². The van der Waals surface area contributed by atoms with E-state index in [9.17, 15) is 4.79 Å². The fraction of sp³-hybridized carbons (Fsp3) is 0.222. The molecule has 2 aromatic carbocycles. The third-order valence-electron chi connectivity index (χ3n) is 3.83. The van der Waals surface area contributed by atoms with E-state index in [1.807, 2.05) is 13.0 Å². The normalized spacial score (nSPS) is 12.0. The third-order valence-corrected chi connectivity index (χ3v) is 4.38. The van der Waals surface area contributed by atoms with E-state index in [4.69, 9.17) is 27.9 Å². The van der Waals surface area contributed by atoms with Crippen LogP contribution in [-0.4, -0.2) is 45.9 Å². The fourth-order valence-electron chi connectivity index (χ4n) is 2.63. The number of hydrogen-bond acceptors (Lipinski definition) is 5. The Morgan fingerprint density at radius 3 is 2.74 bits per heavy atom. The van der Waals surface area contributed by atoms with Gasteiger partial charge in [0.15, 0.2) is 0 Å². The van der Waals surface area contributed by atoms with E-state index >= 15 is 0 Å². The Labute approximate surface area is 166 Å². The van der Waals surface area contributed by atoms with E-state index in [2.05, 4.69) is 20.8 Å². The van der Waals surface area contributed by atoms with Gasteiger partial charge in [-0.15, -0.1) is 5.10 Å². The summed E-state index contributed by atoms with van der Waals surface area (Å²) >= 11 is 12.3. The zero-order valence-electron chi connectivity index (χ0n) is 14.7. The summed E-state index contributed by atoms with van der Waals surface area (Å²) in [6.07, 6.45) is 1.46. The molecule has 3 aromatic rings. The van der Waals surface area contributed by atoms with Crippen LogP contribution < -0.4 is 5.32 Å². The molecule has 0 saturated carbocycles. The van der Waals surface area contributed by atoms with E-state index in [1.165, 1.54) is 11.0 Å². The topological polar surface area (TPSA) is 81.9 Å². The lowest BCUT2D eigenvalue weighted by molar-refractivity contribution is 0.0905. The van der Waals surface area contributed by atoms with Gasteiger partial charge in [-0.3, -0.25) is 4.79 Å². The molecule has 1 N–H and O–H groups in total. The van der Waals surface area contributed by atoms with Gasteiger partial charge in [0.25, 0.3) is 5.91 Å². The highest BCUT2D eigenvalue weighted by molar-refractivity contribution is 6.36. The van der Waals surface area contributed by atoms with Gasteiger partial charge in [0.05, 0.1) is 12.3 Å². The van der Waals surface area contributed by atoms with Crippen LogP contribution in [-0.2, 0) is 4.74 Å². The molecule has 27 heavy (non-hydrogen) atoms. The molecule has 140 valence electrons. The molecular formula is C18H17Cl2N5O2. The van der Waals surface area contributed by atoms with Crippen LogP contribution in [0, 0.1) is 0 Å². The summed E-state index contributed by atoms with van der Waals surface area (Å²) in [5, 5.41) is 15.1. The summed E-state index contributed by atoms with van der Waals surface area (Å²) < 4.78 is 6.54. The Morgan fingerprint density at radius 1 is 1.26 bits per heavy atom. The number of carbonyl (C=O) groups is 1. The quantitative estimate of drug-likeness (QED) is 0.679. The number of benzene rings is 2. The molecule has 1 aromatic heterocycles. The van der Waals surface area contributed by atoms with E-state index < -0.39 is 0 Å². The van der Waals surface area contributed by atoms with Gasteiger partial charge in [-0.2, -0.15) is 0 Å². The predicted molar refractivity (Wildman–Crippen MR) is 103 cm³/mol. The van der Waals surface area contributed by atoms with Crippen molar-refractivity contribution < 1.29 is 9.53 Å². The number of carbonyl (C=O) groups excluding carboxylic acids is 1. The van der Waals surface area contributed by atoms with Gasteiger partial charge >= 0.3 is 0 Å². The lowest BCUT2D eigenvalue weighted by Gasteiger charge is -2.15. The highest BCUT2D eigenvalue weighted by Gasteiger charge is 2.15. The van der Waals surface area contributed by atoms with Gasteiger partial charge in [0.1, 0.15) is 6.33 Å². The van der Waals surface area contributed by atoms with E-state index in [-0.39, 0.29) is 11.9 Å². The molecule has 1 heterocycles. The predicted octanol–water partition coefficient (Wildman–Crippen LogP) is 3.40. The molecule has 7 nitrogen and oxygen atoms in total. The van der Waals surface area contributed by atoms with Gasteiger partial charge in [-0.25, -0.2) is 4.68 Å². The molecule has 1 atom stereocenters. The molecular weight excluding hydrogens is 389 g/mol. The summed E-state index contributed by atoms with van der Waals surface area (Å²) in [6.45, 7) is 2.28. The second-order valence-corrected chi connectivity index (χ2v) is 6.82. The number of aromatic nitrogens is 4. The second-order valence-electron chi connectivity index (χ2n) is 5.98. The number of nitrogens with zero attached hydrogens (tertiary/aromatic N) is 4. The first-order valence-electron chi connectivity index (χ1n) is 8.11. The molecule has 0 aliphatic rings. The van der Waals surface area contributed by atoms with E-state index in [0.717, 1.165) is 11.1 Å². The van der Waals surface area contributed by atoms with Crippen LogP contribution in [0.2, 0.25) is 10.0 Å². The molecule has 3 rings (SSSR count). The van der Waals surface area contributed by atoms with Crippen LogP contribution in [0.15, 0.2) is 42.7 Å². The Hall–Kier alpha value is -2.48. The third kappa shape index (κ3) is 4.63. The number of hydrogen-bond donors (Lipinski definition) is 1. The highest BCUT2D eigenvalue weighted by Crippen LogP contribution is 2.32. The van der Waals surface area contributed by atoms with Crippen molar-refractivity contribution in [1.82, 2.24) is 25.5 Å². The Morgan fingerprint density at radius 2 is 2.07 bits per heavy atom. The maximum Gasteiger partial charge on any atom is 0.251 e. The number of nitrogens with one attached hydrogen (secondary N) is 1. The average molecular weight is 406 g/mol. The number of tetrazole rings is 1. The van der Waals surface area contributed by atoms with E-state index in [1.54, 1.807) is 37.4 Å². The molecule has 1 amide bonds. The smallest absolute Gasteiger partial charge is 0.251 e. The molecule has 0 aliphatic heterocycles. The van der Waals surface area contributed by atoms with Crippen molar-refractivity contribution in [1.29, 1.82) is 0 Å². The first-order valence-corrected chi connectivity index (χ1v) is 8.87. The minimum atomic E-state index is -0.235. The van der Waals surface area contributed by atoms with Crippen molar-refractivity contribution in [2.24, 2.45) is 0 Å². The number of halogens is 2. The molecule has 0 saturated heterocycles. The van der Waals surface area contributed by atoms with Gasteiger partial charge in [0.2, 0.25) is 0 Å². The summed E-state index contributed by atoms with van der Waals surface area (Å²) in [4.78, 5) is 12.7. The lowest BCUT2D eigenvalue weighted by atomic mass is 10.0. The molecule has 0 radical (unpaired) electrons. The molecule has 9 heteroatoms. The first kappa shape index (κ1) is 19.3. The van der Waals surface area contributed by atoms with Crippen LogP contribution >= 0.6 is 23.2 Å². The van der Waals surface area contributed by atoms with Gasteiger partial charge in [-0.1, -0.05) is 29.3 Å². The van der Waals surface area contributed by atoms with Crippen molar-refractivity contribution in [3.63, 3.8) is 0 Å². The zero-order chi connectivity index (χ0) is 19.4. The fourth-order valence-corrected chi connectivity index (χ4v) is 3.15. The Kier molecular flexibility index (Phi) is 6.05. The Bertz CT molecular complexity index is 947. The summed E-state index contributed by atoms with van der Waals surface area (Å²) in [5.41, 5.74) is 2.57. The highest BCUT2D eigenvalue weighted by atomic mass is 35.5. The lowest BCUT2D eigenvalue weighted by Crippen LogP contribution is -2.35. The standard InChI is InChI=1S/C18H17Cl2N5O2/c1-11(9-27-2)22-18(26)13-5-12(16-4-3-14(19)8-17(16)20)6-15(7-13)25-10-21-23-24-25/h3-8,10-11H,9H2,1-2H3,(H,22,26). The monoisotopic (exact) mass is 405 g/mol. The summed E-state index contributed by atoms with van der Waals surface area (Å²) in [5.74, 6) is -0.235. The average Bonchev–Trinajstić information content (AvgIpc) is 3.16. The van der Waals surface area contributed by atoms with Gasteiger partial charge < -0.3 is 10.1 Å². The largest absolute Gasteiger partial charge is 0.383 e. The van der Waals surface area contributed by atoms with Gasteiger partial charge in [0, 0.05) is 34.3 Å². The van der Waals surface area contributed by atoms with Crippen molar-refractivity contribution in [3.05, 3.63) is 58.3 Å². The van der Waals surface area contributed by atoms with Crippen LogP contribution in [0.1, 0.15) is 17.3 Å². The Balaban J connectivity index is 2.05. The number of ether oxygens (including phenoxy) is 1. The van der Waals surface area contributed by atoms with Crippen LogP contribution in [0.5, 0.6) is 0 Å². The number of rotatable bonds is 6. The van der Waals surface area contributed by atoms with Crippen molar-refractivity contribution in [2.45, 2.75) is 13.0 Å². The molecule has 1 unspecified atom stereocenters. The molecule has 0 fully saturated rings. The first-order chi connectivity index (χ1) is 13.0.